The summed E-state index contributed by atoms with van der Waals surface area (Å²) in [6.45, 7) is 5.83. The van der Waals surface area contributed by atoms with Crippen LogP contribution in [0.25, 0.3) is 0 Å². The zero-order valence-electron chi connectivity index (χ0n) is 14.9. The summed E-state index contributed by atoms with van der Waals surface area (Å²) in [7, 11) is 1.76. The van der Waals surface area contributed by atoms with E-state index in [2.05, 4.69) is 39.4 Å². The molecule has 0 saturated heterocycles. The number of nitrogens with one attached hydrogen (secondary N) is 2. The number of carbonyl (C=O) groups excluding carboxylic acids is 1. The van der Waals surface area contributed by atoms with Gasteiger partial charge in [0.15, 0.2) is 5.96 Å². The number of thiophene rings is 1. The second-order valence-electron chi connectivity index (χ2n) is 5.68. The molecule has 0 bridgehead atoms. The van der Waals surface area contributed by atoms with Crippen molar-refractivity contribution in [3.05, 3.63) is 57.8 Å². The van der Waals surface area contributed by atoms with E-state index in [1.54, 1.807) is 37.4 Å². The van der Waals surface area contributed by atoms with E-state index >= 15 is 0 Å². The number of ether oxygens (including phenoxy) is 1. The van der Waals surface area contributed by atoms with Crippen LogP contribution in [-0.4, -0.2) is 32.1 Å². The zero-order chi connectivity index (χ0) is 18.1. The van der Waals surface area contributed by atoms with Gasteiger partial charge in [0.05, 0.1) is 12.2 Å². The molecule has 2 aromatic rings. The van der Waals surface area contributed by atoms with Gasteiger partial charge in [-0.3, -0.25) is 4.99 Å². The molecule has 0 saturated carbocycles. The van der Waals surface area contributed by atoms with Gasteiger partial charge in [0, 0.05) is 20.1 Å². The van der Waals surface area contributed by atoms with E-state index < -0.39 is 0 Å². The van der Waals surface area contributed by atoms with Crippen molar-refractivity contribution in [3.63, 3.8) is 0 Å². The molecular formula is C19H25N3O2S. The summed E-state index contributed by atoms with van der Waals surface area (Å²) in [6, 6.07) is 9.55. The van der Waals surface area contributed by atoms with Gasteiger partial charge in [-0.05, 0) is 52.9 Å². The molecule has 0 aliphatic carbocycles. The third kappa shape index (κ3) is 5.90. The maximum Gasteiger partial charge on any atom is 0.338 e. The first-order valence-corrected chi connectivity index (χ1v) is 9.31. The van der Waals surface area contributed by atoms with Crippen LogP contribution in [0.2, 0.25) is 0 Å². The Morgan fingerprint density at radius 3 is 2.60 bits per heavy atom. The molecule has 0 radical (unpaired) electrons. The average molecular weight is 359 g/mol. The lowest BCUT2D eigenvalue weighted by molar-refractivity contribution is 0.0526. The first-order chi connectivity index (χ1) is 12.1. The fourth-order valence-corrected chi connectivity index (χ4v) is 3.08. The predicted molar refractivity (Wildman–Crippen MR) is 103 cm³/mol. The largest absolute Gasteiger partial charge is 0.462 e. The Hall–Kier alpha value is -2.34. The fraction of sp³-hybridized carbons (Fsp3) is 0.368. The molecule has 6 heteroatoms. The number of benzene rings is 1. The number of hydrogen-bond donors (Lipinski definition) is 2. The Balaban J connectivity index is 1.81. The van der Waals surface area contributed by atoms with Crippen LogP contribution >= 0.6 is 11.3 Å². The van der Waals surface area contributed by atoms with E-state index in [-0.39, 0.29) is 5.97 Å². The highest BCUT2D eigenvalue weighted by Gasteiger charge is 2.08. The van der Waals surface area contributed by atoms with E-state index in [0.29, 0.717) is 24.6 Å². The summed E-state index contributed by atoms with van der Waals surface area (Å²) >= 11 is 1.71. The van der Waals surface area contributed by atoms with Gasteiger partial charge in [-0.15, -0.1) is 0 Å². The van der Waals surface area contributed by atoms with Crippen LogP contribution in [0.3, 0.4) is 0 Å². The van der Waals surface area contributed by atoms with E-state index in [1.807, 2.05) is 12.1 Å². The fourth-order valence-electron chi connectivity index (χ4n) is 2.30. The molecule has 134 valence electrons. The number of hydrogen-bond acceptors (Lipinski definition) is 4. The lowest BCUT2D eigenvalue weighted by Gasteiger charge is -2.15. The summed E-state index contributed by atoms with van der Waals surface area (Å²) in [5.74, 6) is 0.895. The first kappa shape index (κ1) is 19.0. The van der Waals surface area contributed by atoms with Crippen LogP contribution in [-0.2, 0) is 11.3 Å². The Morgan fingerprint density at radius 2 is 2.00 bits per heavy atom. The maximum absolute atomic E-state index is 11.6. The highest BCUT2D eigenvalue weighted by atomic mass is 32.1. The van der Waals surface area contributed by atoms with Crippen molar-refractivity contribution >= 4 is 23.3 Å². The van der Waals surface area contributed by atoms with Crippen molar-refractivity contribution in [2.75, 3.05) is 20.2 Å². The predicted octanol–water partition coefficient (Wildman–Crippen LogP) is 3.39. The van der Waals surface area contributed by atoms with E-state index in [1.165, 1.54) is 5.56 Å². The van der Waals surface area contributed by atoms with Crippen molar-refractivity contribution in [1.82, 2.24) is 10.6 Å². The molecule has 0 amide bonds. The van der Waals surface area contributed by atoms with Crippen LogP contribution in [0.4, 0.5) is 0 Å². The molecule has 2 rings (SSSR count). The summed E-state index contributed by atoms with van der Waals surface area (Å²) in [4.78, 5) is 15.9. The van der Waals surface area contributed by atoms with Crippen molar-refractivity contribution in [3.8, 4) is 0 Å². The monoisotopic (exact) mass is 359 g/mol. The molecule has 0 aliphatic heterocycles. The van der Waals surface area contributed by atoms with Gasteiger partial charge in [-0.1, -0.05) is 19.1 Å². The van der Waals surface area contributed by atoms with Gasteiger partial charge in [-0.25, -0.2) is 4.79 Å². The summed E-state index contributed by atoms with van der Waals surface area (Å²) in [5.41, 5.74) is 2.97. The number of carbonyl (C=O) groups is 1. The minimum Gasteiger partial charge on any atom is -0.462 e. The minimum absolute atomic E-state index is 0.290. The van der Waals surface area contributed by atoms with E-state index in [9.17, 15) is 4.79 Å². The van der Waals surface area contributed by atoms with Crippen molar-refractivity contribution in [2.45, 2.75) is 26.3 Å². The number of esters is 1. The minimum atomic E-state index is -0.290. The van der Waals surface area contributed by atoms with Gasteiger partial charge in [0.2, 0.25) is 0 Å². The van der Waals surface area contributed by atoms with Crippen LogP contribution < -0.4 is 10.6 Å². The van der Waals surface area contributed by atoms with E-state index in [4.69, 9.17) is 4.74 Å². The van der Waals surface area contributed by atoms with Gasteiger partial charge in [0.1, 0.15) is 0 Å². The summed E-state index contributed by atoms with van der Waals surface area (Å²) in [6.07, 6.45) is 0. The third-order valence-corrected chi connectivity index (χ3v) is 4.54. The second kappa shape index (κ2) is 9.84. The smallest absolute Gasteiger partial charge is 0.338 e. The molecular weight excluding hydrogens is 334 g/mol. The quantitative estimate of drug-likeness (QED) is 0.452. The SMILES string of the molecule is CCOC(=O)c1ccc(CNC(=NC)NCC(C)c2ccsc2)cc1. The highest BCUT2D eigenvalue weighted by molar-refractivity contribution is 7.07. The van der Waals surface area contributed by atoms with Crippen LogP contribution in [0.5, 0.6) is 0 Å². The summed E-state index contributed by atoms with van der Waals surface area (Å²) < 4.78 is 4.99. The van der Waals surface area contributed by atoms with Crippen LogP contribution in [0, 0.1) is 0 Å². The third-order valence-electron chi connectivity index (χ3n) is 3.84. The zero-order valence-corrected chi connectivity index (χ0v) is 15.7. The topological polar surface area (TPSA) is 62.7 Å². The molecule has 1 unspecified atom stereocenters. The van der Waals surface area contributed by atoms with Crippen molar-refractivity contribution in [2.24, 2.45) is 4.99 Å². The Bertz CT molecular complexity index is 681. The normalized spacial score (nSPS) is 12.5. The molecule has 1 atom stereocenters. The second-order valence-corrected chi connectivity index (χ2v) is 6.46. The lowest BCUT2D eigenvalue weighted by Crippen LogP contribution is -2.38. The lowest BCUT2D eigenvalue weighted by atomic mass is 10.1. The molecule has 0 spiro atoms. The van der Waals surface area contributed by atoms with Crippen LogP contribution in [0.1, 0.15) is 41.3 Å². The molecule has 2 N–H and O–H groups in total. The molecule has 25 heavy (non-hydrogen) atoms. The number of guanidine groups is 1. The Kier molecular flexibility index (Phi) is 7.47. The number of rotatable bonds is 7. The molecule has 1 aromatic heterocycles. The van der Waals surface area contributed by atoms with Crippen molar-refractivity contribution in [1.29, 1.82) is 0 Å². The standard InChI is InChI=1S/C19H25N3O2S/c1-4-24-18(23)16-7-5-15(6-8-16)12-22-19(20-3)21-11-14(2)17-9-10-25-13-17/h5-10,13-14H,4,11-12H2,1-3H3,(H2,20,21,22). The molecule has 5 nitrogen and oxygen atoms in total. The molecule has 1 aromatic carbocycles. The van der Waals surface area contributed by atoms with Crippen molar-refractivity contribution < 1.29 is 9.53 Å². The molecule has 0 fully saturated rings. The first-order valence-electron chi connectivity index (χ1n) is 8.36. The average Bonchev–Trinajstić information content (AvgIpc) is 3.17. The number of nitrogens with zero attached hydrogens (tertiary/aromatic N) is 1. The van der Waals surface area contributed by atoms with Crippen LogP contribution in [0.15, 0.2) is 46.1 Å². The molecule has 1 heterocycles. The Morgan fingerprint density at radius 1 is 1.24 bits per heavy atom. The van der Waals surface area contributed by atoms with E-state index in [0.717, 1.165) is 18.1 Å². The van der Waals surface area contributed by atoms with Gasteiger partial charge in [0.25, 0.3) is 0 Å². The molecule has 0 aliphatic rings. The maximum atomic E-state index is 11.6. The number of aliphatic imine (C=N–C) groups is 1. The Labute approximate surface area is 153 Å². The summed E-state index contributed by atoms with van der Waals surface area (Å²) in [5, 5.41) is 10.9. The van der Waals surface area contributed by atoms with Gasteiger partial charge in [-0.2, -0.15) is 11.3 Å². The van der Waals surface area contributed by atoms with Gasteiger partial charge < -0.3 is 15.4 Å². The van der Waals surface area contributed by atoms with Gasteiger partial charge >= 0.3 is 5.97 Å². The highest BCUT2D eigenvalue weighted by Crippen LogP contribution is 2.17.